The van der Waals surface area contributed by atoms with Gasteiger partial charge in [0, 0.05) is 60.5 Å². The molecule has 0 saturated heterocycles. The van der Waals surface area contributed by atoms with Gasteiger partial charge in [0.15, 0.2) is 0 Å². The number of aliphatic carboxylic acids is 1. The van der Waals surface area contributed by atoms with Gasteiger partial charge < -0.3 is 15.4 Å². The van der Waals surface area contributed by atoms with Gasteiger partial charge in [-0.05, 0) is 91.3 Å². The smallest absolute Gasteiger partial charge is 0.351 e. The van der Waals surface area contributed by atoms with Crippen LogP contribution in [0.3, 0.4) is 0 Å². The predicted octanol–water partition coefficient (Wildman–Crippen LogP) is 16.0. The number of benzene rings is 2. The van der Waals surface area contributed by atoms with Crippen LogP contribution < -0.4 is 5.73 Å². The first kappa shape index (κ1) is 39.2. The Bertz CT molecular complexity index is 2810. The first-order valence-corrected chi connectivity index (χ1v) is 24.8. The third-order valence-electron chi connectivity index (χ3n) is 11.4. The molecule has 6 aromatic heterocycles. The highest BCUT2D eigenvalue weighted by molar-refractivity contribution is 7.40. The van der Waals surface area contributed by atoms with Crippen molar-refractivity contribution < 1.29 is 9.90 Å². The second-order valence-corrected chi connectivity index (χ2v) is 20.8. The molecule has 0 spiro atoms. The number of nitrogens with two attached hydrogens (primary N) is 1. The average molecular weight is 857 g/mol. The van der Waals surface area contributed by atoms with Crippen molar-refractivity contribution in [1.82, 2.24) is 4.57 Å². The van der Waals surface area contributed by atoms with Crippen LogP contribution in [0.5, 0.6) is 0 Å². The van der Waals surface area contributed by atoms with Crippen molar-refractivity contribution in [2.24, 2.45) is 5.73 Å². The van der Waals surface area contributed by atoms with Crippen molar-refractivity contribution >= 4 is 115 Å². The Morgan fingerprint density at radius 1 is 0.724 bits per heavy atom. The Morgan fingerprint density at radius 2 is 1.33 bits per heavy atom. The van der Waals surface area contributed by atoms with Crippen LogP contribution in [0, 0.1) is 0 Å². The summed E-state index contributed by atoms with van der Waals surface area (Å²) in [6.07, 6.45) is 22.2. The second-order valence-electron chi connectivity index (χ2n) is 15.4. The van der Waals surface area contributed by atoms with E-state index < -0.39 is 5.97 Å². The van der Waals surface area contributed by atoms with E-state index in [-0.39, 0.29) is 11.7 Å². The molecule has 1 aliphatic carbocycles. The number of para-hydroxylation sites is 2. The second kappa shape index (κ2) is 17.2. The topological polar surface area (TPSA) is 68.2 Å². The molecule has 0 aliphatic heterocycles. The van der Waals surface area contributed by atoms with Gasteiger partial charge in [0.05, 0.1) is 15.4 Å². The number of aromatic nitrogens is 1. The highest BCUT2D eigenvalue weighted by atomic mass is 32.1. The summed E-state index contributed by atoms with van der Waals surface area (Å²) in [5.41, 5.74) is 12.6. The summed E-state index contributed by atoms with van der Waals surface area (Å²) in [5, 5.41) is 12.0. The lowest BCUT2D eigenvalue weighted by molar-refractivity contribution is -0.132. The molecule has 1 aliphatic rings. The van der Waals surface area contributed by atoms with Crippen molar-refractivity contribution in [1.29, 1.82) is 0 Å². The SMILES string of the molecule is CCCCCCc1cc(-c2sc(-c3cc4sc5cc(/C=C(/N)C(=O)O)sc5c4s3)cc2CCCCCC)sc1C1=CCC(n2c3ccccc3c3ccccc32)C=C1. The number of aryl methyl sites for hydroxylation is 2. The molecule has 8 aromatic rings. The molecule has 1 atom stereocenters. The summed E-state index contributed by atoms with van der Waals surface area (Å²) in [4.78, 5) is 19.2. The van der Waals surface area contributed by atoms with Crippen LogP contribution in [0.4, 0.5) is 0 Å². The number of hydrogen-bond acceptors (Lipinski definition) is 7. The molecular weight excluding hydrogens is 809 g/mol. The highest BCUT2D eigenvalue weighted by Crippen LogP contribution is 2.50. The predicted molar refractivity (Wildman–Crippen MR) is 257 cm³/mol. The number of fused-ring (bicyclic) bond motifs is 6. The molecule has 296 valence electrons. The Balaban J connectivity index is 1.06. The fourth-order valence-electron chi connectivity index (χ4n) is 8.44. The van der Waals surface area contributed by atoms with E-state index in [2.05, 4.69) is 109 Å². The molecule has 3 N–H and O–H groups in total. The lowest BCUT2D eigenvalue weighted by atomic mass is 9.97. The molecule has 2 aromatic carbocycles. The monoisotopic (exact) mass is 856 g/mol. The third-order valence-corrected chi connectivity index (χ3v) is 17.9. The summed E-state index contributed by atoms with van der Waals surface area (Å²) >= 11 is 9.26. The molecule has 9 rings (SSSR count). The van der Waals surface area contributed by atoms with Gasteiger partial charge in [0.25, 0.3) is 0 Å². The van der Waals surface area contributed by atoms with Gasteiger partial charge in [-0.25, -0.2) is 4.79 Å². The maximum absolute atomic E-state index is 11.4. The van der Waals surface area contributed by atoms with E-state index in [1.807, 2.05) is 34.0 Å². The number of unbranched alkanes of at least 4 members (excludes halogenated alkanes) is 6. The maximum atomic E-state index is 11.4. The largest absolute Gasteiger partial charge is 0.477 e. The van der Waals surface area contributed by atoms with Crippen LogP contribution in [0.1, 0.15) is 98.6 Å². The summed E-state index contributed by atoms with van der Waals surface area (Å²) < 4.78 is 7.54. The zero-order valence-electron chi connectivity index (χ0n) is 33.0. The molecule has 6 heterocycles. The molecule has 0 fully saturated rings. The van der Waals surface area contributed by atoms with E-state index in [4.69, 9.17) is 5.73 Å². The fraction of sp³-hybridized carbons (Fsp3) is 0.286. The zero-order valence-corrected chi connectivity index (χ0v) is 37.1. The number of carboxylic acids is 1. The van der Waals surface area contributed by atoms with Gasteiger partial charge in [-0.2, -0.15) is 0 Å². The van der Waals surface area contributed by atoms with Crippen LogP contribution >= 0.6 is 56.7 Å². The van der Waals surface area contributed by atoms with Crippen LogP contribution in [0.25, 0.3) is 71.8 Å². The van der Waals surface area contributed by atoms with E-state index in [1.165, 1.54) is 133 Å². The zero-order chi connectivity index (χ0) is 39.8. The first-order valence-electron chi connectivity index (χ1n) is 20.7. The summed E-state index contributed by atoms with van der Waals surface area (Å²) in [6.45, 7) is 4.58. The Kier molecular flexibility index (Phi) is 11.6. The molecule has 4 nitrogen and oxygen atoms in total. The molecule has 0 amide bonds. The van der Waals surface area contributed by atoms with Gasteiger partial charge in [-0.3, -0.25) is 0 Å². The number of thiophene rings is 5. The standard InChI is InChI=1S/C49H48N2O2S5/c1-3-5-7-9-15-31-26-42(58-45(31)30-21-23-33(24-22-30)51-38-19-13-11-17-35(38)36-18-12-14-20-39(36)51)46-32(16-10-8-6-4-2)25-40(56-46)41-29-44-48(57-41)47-43(55-44)28-34(54-47)27-37(50)49(52)53/h11-14,17-23,25-29,33H,3-10,15-16,24,50H2,1-2H3,(H,52,53)/b37-27+. The number of hydrogen-bond donors (Lipinski definition) is 2. The van der Waals surface area contributed by atoms with Crippen LogP contribution in [0.2, 0.25) is 0 Å². The number of nitrogens with zero attached hydrogens (tertiary/aromatic N) is 1. The lowest BCUT2D eigenvalue weighted by Crippen LogP contribution is -2.08. The van der Waals surface area contributed by atoms with Gasteiger partial charge in [0.1, 0.15) is 5.70 Å². The fourth-order valence-corrected chi connectivity index (χ4v) is 15.1. The highest BCUT2D eigenvalue weighted by Gasteiger charge is 2.23. The van der Waals surface area contributed by atoms with Gasteiger partial charge >= 0.3 is 5.97 Å². The molecule has 0 bridgehead atoms. The summed E-state index contributed by atoms with van der Waals surface area (Å²) in [6, 6.07) is 27.5. The number of allylic oxidation sites excluding steroid dienone is 4. The first-order chi connectivity index (χ1) is 28.4. The van der Waals surface area contributed by atoms with E-state index in [0.717, 1.165) is 24.1 Å². The van der Waals surface area contributed by atoms with Crippen LogP contribution in [-0.4, -0.2) is 15.6 Å². The van der Waals surface area contributed by atoms with Gasteiger partial charge in [-0.1, -0.05) is 107 Å². The number of carbonyl (C=O) groups is 1. The van der Waals surface area contributed by atoms with Gasteiger partial charge in [0.2, 0.25) is 0 Å². The van der Waals surface area contributed by atoms with Crippen molar-refractivity contribution in [2.75, 3.05) is 0 Å². The van der Waals surface area contributed by atoms with Crippen LogP contribution in [-0.2, 0) is 17.6 Å². The van der Waals surface area contributed by atoms with Crippen molar-refractivity contribution in [3.63, 3.8) is 0 Å². The van der Waals surface area contributed by atoms with Crippen molar-refractivity contribution in [2.45, 2.75) is 90.5 Å². The maximum Gasteiger partial charge on any atom is 0.351 e. The molecule has 1 unspecified atom stereocenters. The normalized spacial score (nSPS) is 14.8. The van der Waals surface area contributed by atoms with Crippen molar-refractivity contribution in [3.8, 4) is 19.5 Å². The Morgan fingerprint density at radius 3 is 1.98 bits per heavy atom. The minimum Gasteiger partial charge on any atom is -0.477 e. The van der Waals surface area contributed by atoms with Crippen molar-refractivity contribution in [3.05, 3.63) is 118 Å². The van der Waals surface area contributed by atoms with E-state index in [9.17, 15) is 9.90 Å². The minimum absolute atomic E-state index is 0.130. The van der Waals surface area contributed by atoms with Gasteiger partial charge in [-0.15, -0.1) is 56.7 Å². The lowest BCUT2D eigenvalue weighted by Gasteiger charge is -2.21. The average Bonchev–Trinajstić information content (AvgIpc) is 4.09. The summed E-state index contributed by atoms with van der Waals surface area (Å²) in [7, 11) is 0. The number of rotatable bonds is 16. The van der Waals surface area contributed by atoms with Crippen LogP contribution in [0.15, 0.2) is 96.7 Å². The minimum atomic E-state index is -1.09. The molecule has 0 radical (unpaired) electrons. The van der Waals surface area contributed by atoms with E-state index >= 15 is 0 Å². The Labute approximate surface area is 360 Å². The summed E-state index contributed by atoms with van der Waals surface area (Å²) in [5.74, 6) is -1.09. The molecule has 9 heteroatoms. The molecule has 0 saturated carbocycles. The van der Waals surface area contributed by atoms with E-state index in [0.29, 0.717) is 0 Å². The molecular formula is C49H48N2O2S5. The Hall–Kier alpha value is -4.25. The number of carboxylic acid groups (broad SMARTS) is 1. The van der Waals surface area contributed by atoms with E-state index in [1.54, 1.807) is 28.7 Å². The third kappa shape index (κ3) is 7.68. The quantitative estimate of drug-likeness (QED) is 0.0751. The molecule has 58 heavy (non-hydrogen) atoms.